The summed E-state index contributed by atoms with van der Waals surface area (Å²) in [5.41, 5.74) is 0. The number of carbonyl (C=O) groups excluding carboxylic acids is 2. The van der Waals surface area contributed by atoms with Gasteiger partial charge in [-0.15, -0.1) is 0 Å². The van der Waals surface area contributed by atoms with Crippen molar-refractivity contribution in [3.63, 3.8) is 0 Å². The molecule has 20 heavy (non-hydrogen) atoms. The van der Waals surface area contributed by atoms with E-state index in [1.54, 1.807) is 4.90 Å². The van der Waals surface area contributed by atoms with Crippen molar-refractivity contribution in [3.8, 4) is 0 Å². The van der Waals surface area contributed by atoms with E-state index >= 15 is 0 Å². The Labute approximate surface area is 117 Å². The van der Waals surface area contributed by atoms with Crippen LogP contribution in [0.5, 0.6) is 0 Å². The Morgan fingerprint density at radius 3 is 2.15 bits per heavy atom. The molecule has 2 unspecified atom stereocenters. The van der Waals surface area contributed by atoms with Crippen molar-refractivity contribution in [2.45, 2.75) is 38.1 Å². The van der Waals surface area contributed by atoms with Gasteiger partial charge in [-0.2, -0.15) is 0 Å². The monoisotopic (exact) mass is 280 g/mol. The first-order chi connectivity index (χ1) is 9.56. The number of amides is 2. The molecule has 2 saturated carbocycles. The predicted octanol–water partition coefficient (Wildman–Crippen LogP) is 0.224. The summed E-state index contributed by atoms with van der Waals surface area (Å²) in [4.78, 5) is 36.3. The number of hydrogen-bond donors (Lipinski definition) is 2. The number of nitrogens with zero attached hydrogens (tertiary/aromatic N) is 1. The fourth-order valence-corrected chi connectivity index (χ4v) is 2.88. The molecule has 1 aliphatic heterocycles. The number of aliphatic carboxylic acids is 1. The molecule has 3 aliphatic rings. The second kappa shape index (κ2) is 5.07. The summed E-state index contributed by atoms with van der Waals surface area (Å²) in [5.74, 6) is -1.31. The van der Waals surface area contributed by atoms with Crippen molar-refractivity contribution < 1.29 is 19.5 Å². The van der Waals surface area contributed by atoms with Crippen LogP contribution in [0.15, 0.2) is 0 Å². The third kappa shape index (κ3) is 2.78. The summed E-state index contributed by atoms with van der Waals surface area (Å²) in [5, 5.41) is 11.9. The first kappa shape index (κ1) is 13.4. The molecule has 110 valence electrons. The Morgan fingerprint density at radius 2 is 1.65 bits per heavy atom. The Morgan fingerprint density at radius 1 is 1.00 bits per heavy atom. The summed E-state index contributed by atoms with van der Waals surface area (Å²) < 4.78 is 0. The highest BCUT2D eigenvalue weighted by molar-refractivity contribution is 5.89. The lowest BCUT2D eigenvalue weighted by Gasteiger charge is -2.32. The van der Waals surface area contributed by atoms with Crippen molar-refractivity contribution in [1.29, 1.82) is 0 Å². The number of hydrogen-bond acceptors (Lipinski definition) is 3. The number of nitrogens with one attached hydrogen (secondary N) is 1. The quantitative estimate of drug-likeness (QED) is 0.771. The highest BCUT2D eigenvalue weighted by atomic mass is 16.4. The van der Waals surface area contributed by atoms with Crippen LogP contribution in [0.4, 0.5) is 0 Å². The zero-order valence-corrected chi connectivity index (χ0v) is 11.4. The van der Waals surface area contributed by atoms with Crippen molar-refractivity contribution >= 4 is 17.8 Å². The van der Waals surface area contributed by atoms with Crippen LogP contribution in [-0.2, 0) is 14.4 Å². The molecule has 1 saturated heterocycles. The van der Waals surface area contributed by atoms with Gasteiger partial charge in [0.2, 0.25) is 11.8 Å². The molecule has 6 heteroatoms. The highest BCUT2D eigenvalue weighted by Crippen LogP contribution is 2.40. The van der Waals surface area contributed by atoms with E-state index in [1.165, 1.54) is 0 Å². The molecule has 2 aliphatic carbocycles. The molecule has 0 radical (unpaired) electrons. The van der Waals surface area contributed by atoms with Gasteiger partial charge in [0, 0.05) is 25.0 Å². The minimum Gasteiger partial charge on any atom is -0.481 e. The molecule has 1 heterocycles. The van der Waals surface area contributed by atoms with Gasteiger partial charge in [-0.3, -0.25) is 14.4 Å². The van der Waals surface area contributed by atoms with Crippen LogP contribution in [-0.4, -0.2) is 46.9 Å². The third-order valence-electron chi connectivity index (χ3n) is 4.53. The minimum absolute atomic E-state index is 0.0237. The maximum atomic E-state index is 12.1. The first-order valence-corrected chi connectivity index (χ1v) is 7.38. The van der Waals surface area contributed by atoms with Crippen LogP contribution in [0.3, 0.4) is 0 Å². The maximum absolute atomic E-state index is 12.1. The molecule has 2 amide bonds. The number of likely N-dealkylation sites (tertiary alicyclic amines) is 1. The number of carboxylic acids is 1. The molecule has 2 atom stereocenters. The van der Waals surface area contributed by atoms with Gasteiger partial charge in [0.25, 0.3) is 0 Å². The van der Waals surface area contributed by atoms with Crippen LogP contribution in [0.1, 0.15) is 32.1 Å². The molecule has 6 nitrogen and oxygen atoms in total. The van der Waals surface area contributed by atoms with Gasteiger partial charge in [-0.1, -0.05) is 0 Å². The second-order valence-electron chi connectivity index (χ2n) is 6.17. The average molecular weight is 280 g/mol. The lowest BCUT2D eigenvalue weighted by atomic mass is 10.0. The summed E-state index contributed by atoms with van der Waals surface area (Å²) in [7, 11) is 0. The molecule has 2 N–H and O–H groups in total. The average Bonchev–Trinajstić information content (AvgIpc) is 3.30. The molecular weight excluding hydrogens is 260 g/mol. The van der Waals surface area contributed by atoms with Gasteiger partial charge in [0.1, 0.15) is 0 Å². The van der Waals surface area contributed by atoms with E-state index in [2.05, 4.69) is 5.32 Å². The lowest BCUT2D eigenvalue weighted by Crippen LogP contribution is -2.47. The maximum Gasteiger partial charge on any atom is 0.307 e. The molecular formula is C14H20N2O4. The zero-order chi connectivity index (χ0) is 14.3. The zero-order valence-electron chi connectivity index (χ0n) is 11.4. The molecule has 0 aromatic carbocycles. The van der Waals surface area contributed by atoms with Gasteiger partial charge in [-0.25, -0.2) is 0 Å². The van der Waals surface area contributed by atoms with E-state index in [0.717, 1.165) is 25.7 Å². The topological polar surface area (TPSA) is 86.7 Å². The van der Waals surface area contributed by atoms with Crippen molar-refractivity contribution in [3.05, 3.63) is 0 Å². The molecule has 0 aromatic heterocycles. The number of piperidine rings is 1. The predicted molar refractivity (Wildman–Crippen MR) is 69.7 cm³/mol. The van der Waals surface area contributed by atoms with Gasteiger partial charge >= 0.3 is 5.97 Å². The summed E-state index contributed by atoms with van der Waals surface area (Å²) >= 11 is 0. The number of carbonyl (C=O) groups is 3. The Hall–Kier alpha value is -1.59. The summed E-state index contributed by atoms with van der Waals surface area (Å²) in [6, 6.07) is 0.168. The normalized spacial score (nSPS) is 29.9. The SMILES string of the molecule is O=C(NC1CCN(C(=O)C2CC2C(=O)O)CC1)C1CC1. The number of carboxylic acid groups (broad SMARTS) is 1. The van der Waals surface area contributed by atoms with E-state index in [1.807, 2.05) is 0 Å². The van der Waals surface area contributed by atoms with Gasteiger partial charge in [0.05, 0.1) is 11.8 Å². The highest BCUT2D eigenvalue weighted by Gasteiger charge is 2.50. The van der Waals surface area contributed by atoms with E-state index < -0.39 is 11.9 Å². The van der Waals surface area contributed by atoms with Gasteiger partial charge < -0.3 is 15.3 Å². The Balaban J connectivity index is 1.43. The largest absolute Gasteiger partial charge is 0.481 e. The Kier molecular flexibility index (Phi) is 3.40. The van der Waals surface area contributed by atoms with Crippen molar-refractivity contribution in [2.75, 3.05) is 13.1 Å². The molecule has 3 rings (SSSR count). The fraction of sp³-hybridized carbons (Fsp3) is 0.786. The van der Waals surface area contributed by atoms with E-state index in [9.17, 15) is 14.4 Å². The number of rotatable bonds is 4. The summed E-state index contributed by atoms with van der Waals surface area (Å²) in [6.07, 6.45) is 4.03. The van der Waals surface area contributed by atoms with Crippen molar-refractivity contribution in [1.82, 2.24) is 10.2 Å². The van der Waals surface area contributed by atoms with Gasteiger partial charge in [-0.05, 0) is 32.1 Å². The molecule has 0 bridgehead atoms. The molecule has 3 fully saturated rings. The minimum atomic E-state index is -0.866. The van der Waals surface area contributed by atoms with Crippen LogP contribution < -0.4 is 5.32 Å². The summed E-state index contributed by atoms with van der Waals surface area (Å²) in [6.45, 7) is 1.24. The van der Waals surface area contributed by atoms with Crippen LogP contribution in [0, 0.1) is 17.8 Å². The van der Waals surface area contributed by atoms with Crippen LogP contribution in [0.2, 0.25) is 0 Å². The first-order valence-electron chi connectivity index (χ1n) is 7.38. The fourth-order valence-electron chi connectivity index (χ4n) is 2.88. The standard InChI is InChI=1S/C14H20N2O4/c17-12(8-1-2-8)15-9-3-5-16(6-4-9)13(18)10-7-11(10)14(19)20/h8-11H,1-7H2,(H,15,17)(H,19,20). The van der Waals surface area contributed by atoms with Crippen LogP contribution >= 0.6 is 0 Å². The molecule has 0 spiro atoms. The molecule has 0 aromatic rings. The van der Waals surface area contributed by atoms with E-state index in [0.29, 0.717) is 19.5 Å². The van der Waals surface area contributed by atoms with E-state index in [4.69, 9.17) is 5.11 Å². The third-order valence-corrected chi connectivity index (χ3v) is 4.53. The smallest absolute Gasteiger partial charge is 0.307 e. The van der Waals surface area contributed by atoms with E-state index in [-0.39, 0.29) is 29.7 Å². The second-order valence-corrected chi connectivity index (χ2v) is 6.17. The van der Waals surface area contributed by atoms with Crippen LogP contribution in [0.25, 0.3) is 0 Å². The lowest BCUT2D eigenvalue weighted by molar-refractivity contribution is -0.142. The van der Waals surface area contributed by atoms with Gasteiger partial charge in [0.15, 0.2) is 0 Å². The Bertz CT molecular complexity index is 438. The van der Waals surface area contributed by atoms with Crippen molar-refractivity contribution in [2.24, 2.45) is 17.8 Å².